The van der Waals surface area contributed by atoms with Crippen molar-refractivity contribution < 1.29 is 14.0 Å². The third-order valence-electron chi connectivity index (χ3n) is 2.39. The predicted octanol–water partition coefficient (Wildman–Crippen LogP) is 1.88. The van der Waals surface area contributed by atoms with Crippen molar-refractivity contribution in [1.82, 2.24) is 0 Å². The van der Waals surface area contributed by atoms with Crippen molar-refractivity contribution in [1.29, 1.82) is 0 Å². The van der Waals surface area contributed by atoms with Crippen molar-refractivity contribution in [2.24, 2.45) is 11.5 Å². The van der Waals surface area contributed by atoms with Crippen LogP contribution in [0.2, 0.25) is 0 Å². The first-order valence-corrected chi connectivity index (χ1v) is 6.55. The zero-order chi connectivity index (χ0) is 15.4. The Labute approximate surface area is 123 Å². The molecule has 0 aliphatic rings. The van der Waals surface area contributed by atoms with E-state index in [2.05, 4.69) is 17.2 Å². The maximum atomic E-state index is 13.0. The molecular formula is C14H10FN3O2S. The van der Waals surface area contributed by atoms with Gasteiger partial charge in [-0.2, -0.15) is 0 Å². The van der Waals surface area contributed by atoms with Gasteiger partial charge in [0.05, 0.1) is 10.4 Å². The molecule has 7 heteroatoms. The highest BCUT2D eigenvalue weighted by Gasteiger charge is 2.14. The van der Waals surface area contributed by atoms with Gasteiger partial charge in [0.15, 0.2) is 0 Å². The molecule has 106 valence electrons. The number of hydrogen-bond acceptors (Lipinski definition) is 3. The van der Waals surface area contributed by atoms with Gasteiger partial charge in [-0.3, -0.25) is 10.1 Å². The van der Waals surface area contributed by atoms with Crippen LogP contribution in [0.1, 0.15) is 20.8 Å². The molecule has 0 saturated carbocycles. The van der Waals surface area contributed by atoms with Crippen LogP contribution in [0.25, 0.3) is 0 Å². The molecule has 0 saturated heterocycles. The molecule has 1 aromatic carbocycles. The fourth-order valence-electron chi connectivity index (χ4n) is 1.54. The first kappa shape index (κ1) is 14.6. The summed E-state index contributed by atoms with van der Waals surface area (Å²) in [5.41, 5.74) is 10.8. The number of carbonyl (C=O) groups is 2. The molecule has 0 unspecified atom stereocenters. The average molecular weight is 303 g/mol. The smallest absolute Gasteiger partial charge is 0.317 e. The van der Waals surface area contributed by atoms with Gasteiger partial charge in [0.25, 0.3) is 5.91 Å². The zero-order valence-electron chi connectivity index (χ0n) is 10.6. The number of urea groups is 1. The van der Waals surface area contributed by atoms with Crippen LogP contribution in [0.3, 0.4) is 0 Å². The second-order valence-corrected chi connectivity index (χ2v) is 5.02. The Hall–Kier alpha value is -2.85. The van der Waals surface area contributed by atoms with Gasteiger partial charge in [0.1, 0.15) is 10.8 Å². The normalized spacial score (nSPS) is 9.57. The summed E-state index contributed by atoms with van der Waals surface area (Å²) in [6.45, 7) is 0. The van der Waals surface area contributed by atoms with Gasteiger partial charge in [0, 0.05) is 5.56 Å². The van der Waals surface area contributed by atoms with Crippen LogP contribution in [0.5, 0.6) is 0 Å². The minimum Gasteiger partial charge on any atom is -0.366 e. The molecule has 1 aromatic heterocycles. The van der Waals surface area contributed by atoms with Crippen molar-refractivity contribution in [3.63, 3.8) is 0 Å². The summed E-state index contributed by atoms with van der Waals surface area (Å²) in [6, 6.07) is 6.45. The molecule has 0 radical (unpaired) electrons. The number of amides is 3. The fourth-order valence-corrected chi connectivity index (χ4v) is 2.46. The summed E-state index contributed by atoms with van der Waals surface area (Å²) < 4.78 is 13.0. The van der Waals surface area contributed by atoms with Gasteiger partial charge < -0.3 is 11.5 Å². The summed E-state index contributed by atoms with van der Waals surface area (Å²) in [5.74, 6) is 4.45. The quantitative estimate of drug-likeness (QED) is 0.738. The Kier molecular flexibility index (Phi) is 4.21. The summed E-state index contributed by atoms with van der Waals surface area (Å²) in [5, 5.41) is 2.55. The average Bonchev–Trinajstić information content (AvgIpc) is 2.79. The van der Waals surface area contributed by atoms with Crippen molar-refractivity contribution in [3.05, 3.63) is 52.2 Å². The first-order chi connectivity index (χ1) is 9.95. The lowest BCUT2D eigenvalue weighted by Crippen LogP contribution is -2.21. The van der Waals surface area contributed by atoms with Crippen molar-refractivity contribution in [2.75, 3.05) is 5.32 Å². The number of benzene rings is 1. The second-order valence-electron chi connectivity index (χ2n) is 3.97. The number of anilines is 1. The largest absolute Gasteiger partial charge is 0.366 e. The molecule has 3 amide bonds. The molecule has 0 bridgehead atoms. The van der Waals surface area contributed by atoms with Crippen LogP contribution in [0.4, 0.5) is 14.2 Å². The monoisotopic (exact) mass is 303 g/mol. The van der Waals surface area contributed by atoms with E-state index in [4.69, 9.17) is 11.5 Å². The van der Waals surface area contributed by atoms with Gasteiger partial charge in [-0.25, -0.2) is 9.18 Å². The third-order valence-corrected chi connectivity index (χ3v) is 3.35. The van der Waals surface area contributed by atoms with Crippen molar-refractivity contribution >= 4 is 28.3 Å². The minimum atomic E-state index is -0.802. The molecule has 5 N–H and O–H groups in total. The van der Waals surface area contributed by atoms with E-state index >= 15 is 0 Å². The van der Waals surface area contributed by atoms with Gasteiger partial charge >= 0.3 is 6.03 Å². The number of hydrogen-bond donors (Lipinski definition) is 3. The van der Waals surface area contributed by atoms with Crippen LogP contribution in [-0.4, -0.2) is 11.9 Å². The molecule has 5 nitrogen and oxygen atoms in total. The topological polar surface area (TPSA) is 98.2 Å². The van der Waals surface area contributed by atoms with E-state index in [-0.39, 0.29) is 16.4 Å². The maximum absolute atomic E-state index is 13.0. The van der Waals surface area contributed by atoms with Crippen LogP contribution >= 0.6 is 11.3 Å². The van der Waals surface area contributed by atoms with Gasteiger partial charge in [-0.15, -0.1) is 11.3 Å². The molecular weight excluding hydrogens is 293 g/mol. The van der Waals surface area contributed by atoms with Crippen LogP contribution < -0.4 is 16.8 Å². The number of carbonyl (C=O) groups excluding carboxylic acids is 2. The molecule has 2 rings (SSSR count). The van der Waals surface area contributed by atoms with E-state index in [1.54, 1.807) is 12.1 Å². The number of rotatable bonds is 2. The summed E-state index contributed by atoms with van der Waals surface area (Å²) >= 11 is 1.06. The standard InChI is InChI=1S/C14H10FN3O2S/c15-9-3-1-2-8(6-9)4-5-10-7-11(12(16)19)13(21-10)18-14(17)20/h1-3,6-7H,(H2,16,19)(H3,17,18,20). The SMILES string of the molecule is NC(=O)Nc1sc(C#Cc2cccc(F)c2)cc1C(N)=O. The van der Waals surface area contributed by atoms with Gasteiger partial charge in [-0.1, -0.05) is 17.9 Å². The van der Waals surface area contributed by atoms with E-state index in [1.165, 1.54) is 18.2 Å². The van der Waals surface area contributed by atoms with E-state index in [1.807, 2.05) is 0 Å². The summed E-state index contributed by atoms with van der Waals surface area (Å²) in [4.78, 5) is 22.6. The third kappa shape index (κ3) is 3.81. The van der Waals surface area contributed by atoms with Crippen LogP contribution in [0, 0.1) is 17.7 Å². The van der Waals surface area contributed by atoms with E-state index < -0.39 is 11.9 Å². The molecule has 0 aliphatic carbocycles. The lowest BCUT2D eigenvalue weighted by Gasteiger charge is -1.98. The molecule has 0 spiro atoms. The van der Waals surface area contributed by atoms with Gasteiger partial charge in [-0.05, 0) is 24.3 Å². The number of primary amides is 2. The Balaban J connectivity index is 2.33. The second kappa shape index (κ2) is 6.07. The molecule has 0 atom stereocenters. The maximum Gasteiger partial charge on any atom is 0.317 e. The number of halogens is 1. The Bertz CT molecular complexity index is 774. The van der Waals surface area contributed by atoms with E-state index in [0.29, 0.717) is 10.4 Å². The van der Waals surface area contributed by atoms with E-state index in [9.17, 15) is 14.0 Å². The highest BCUT2D eigenvalue weighted by Crippen LogP contribution is 2.27. The summed E-state index contributed by atoms with van der Waals surface area (Å²) in [7, 11) is 0. The highest BCUT2D eigenvalue weighted by molar-refractivity contribution is 7.17. The fraction of sp³-hybridized carbons (Fsp3) is 0. The van der Waals surface area contributed by atoms with Crippen LogP contribution in [-0.2, 0) is 0 Å². The van der Waals surface area contributed by atoms with Gasteiger partial charge in [0.2, 0.25) is 0 Å². The van der Waals surface area contributed by atoms with Crippen molar-refractivity contribution in [3.8, 4) is 11.8 Å². The first-order valence-electron chi connectivity index (χ1n) is 5.73. The zero-order valence-corrected chi connectivity index (χ0v) is 11.5. The Morgan fingerprint density at radius 3 is 2.57 bits per heavy atom. The Morgan fingerprint density at radius 2 is 1.95 bits per heavy atom. The summed E-state index contributed by atoms with van der Waals surface area (Å²) in [6.07, 6.45) is 0. The van der Waals surface area contributed by atoms with Crippen LogP contribution in [0.15, 0.2) is 30.3 Å². The molecule has 0 aliphatic heterocycles. The number of nitrogens with one attached hydrogen (secondary N) is 1. The van der Waals surface area contributed by atoms with Crippen molar-refractivity contribution in [2.45, 2.75) is 0 Å². The predicted molar refractivity (Wildman–Crippen MR) is 78.4 cm³/mol. The lowest BCUT2D eigenvalue weighted by atomic mass is 10.2. The highest BCUT2D eigenvalue weighted by atomic mass is 32.1. The molecule has 1 heterocycles. The molecule has 2 aromatic rings. The molecule has 21 heavy (non-hydrogen) atoms. The van der Waals surface area contributed by atoms with E-state index in [0.717, 1.165) is 11.3 Å². The molecule has 0 fully saturated rings. The Morgan fingerprint density at radius 1 is 1.19 bits per heavy atom. The lowest BCUT2D eigenvalue weighted by molar-refractivity contribution is 0.100. The number of thiophene rings is 1. The number of nitrogens with two attached hydrogens (primary N) is 2. The minimum absolute atomic E-state index is 0.127.